The first kappa shape index (κ1) is 11.6. The molecule has 1 aromatic rings. The average molecular weight is 222 g/mol. The number of hydrogen-bond donors (Lipinski definition) is 2. The second kappa shape index (κ2) is 5.43. The van der Waals surface area contributed by atoms with Crippen molar-refractivity contribution in [2.45, 2.75) is 19.6 Å². The molecule has 2 atom stereocenters. The molecule has 0 aromatic heterocycles. The molecule has 1 aliphatic heterocycles. The van der Waals surface area contributed by atoms with E-state index in [9.17, 15) is 0 Å². The van der Waals surface area contributed by atoms with Crippen molar-refractivity contribution in [2.24, 2.45) is 11.8 Å². The van der Waals surface area contributed by atoms with E-state index in [4.69, 9.17) is 14.9 Å². The van der Waals surface area contributed by atoms with Gasteiger partial charge in [-0.05, 0) is 29.4 Å². The molecule has 0 bridgehead atoms. The Morgan fingerprint density at radius 3 is 1.88 bits per heavy atom. The minimum atomic E-state index is 0.255. The smallest absolute Gasteiger partial charge is 0.0724 e. The molecule has 0 amide bonds. The Hall–Kier alpha value is -0.900. The Kier molecular flexibility index (Phi) is 3.93. The number of aliphatic hydroxyl groups is 2. The van der Waals surface area contributed by atoms with Gasteiger partial charge in [0.2, 0.25) is 0 Å². The number of ether oxygens (including phenoxy) is 1. The van der Waals surface area contributed by atoms with Gasteiger partial charge in [-0.2, -0.15) is 0 Å². The second-order valence-corrected chi connectivity index (χ2v) is 4.38. The molecular formula is C13H18O3. The zero-order valence-electron chi connectivity index (χ0n) is 9.30. The fourth-order valence-corrected chi connectivity index (χ4v) is 1.87. The van der Waals surface area contributed by atoms with E-state index in [0.717, 1.165) is 19.6 Å². The van der Waals surface area contributed by atoms with Crippen molar-refractivity contribution in [3.8, 4) is 0 Å². The molecule has 3 nitrogen and oxygen atoms in total. The topological polar surface area (TPSA) is 49.7 Å². The summed E-state index contributed by atoms with van der Waals surface area (Å²) in [6.45, 7) is 2.11. The van der Waals surface area contributed by atoms with Crippen LogP contribution in [0, 0.1) is 11.8 Å². The van der Waals surface area contributed by atoms with Gasteiger partial charge in [0, 0.05) is 13.2 Å². The van der Waals surface area contributed by atoms with Crippen molar-refractivity contribution in [1.82, 2.24) is 0 Å². The summed E-state index contributed by atoms with van der Waals surface area (Å²) in [5.41, 5.74) is 2.69. The van der Waals surface area contributed by atoms with Gasteiger partial charge in [0.25, 0.3) is 0 Å². The average Bonchev–Trinajstić information content (AvgIpc) is 2.96. The third kappa shape index (κ3) is 2.82. The molecule has 3 heteroatoms. The largest absolute Gasteiger partial charge is 0.396 e. The monoisotopic (exact) mass is 222 g/mol. The van der Waals surface area contributed by atoms with E-state index in [1.165, 1.54) is 11.1 Å². The number of hydrogen-bond acceptors (Lipinski definition) is 3. The summed E-state index contributed by atoms with van der Waals surface area (Å²) in [7, 11) is 0. The van der Waals surface area contributed by atoms with Crippen molar-refractivity contribution in [3.63, 3.8) is 0 Å². The molecule has 0 radical (unpaired) electrons. The normalized spacial score (nSPS) is 25.6. The molecule has 1 saturated carbocycles. The summed E-state index contributed by atoms with van der Waals surface area (Å²) in [6.07, 6.45) is 1.02. The molecule has 1 aromatic carbocycles. The second-order valence-electron chi connectivity index (χ2n) is 4.38. The van der Waals surface area contributed by atoms with Gasteiger partial charge >= 0.3 is 0 Å². The molecule has 0 spiro atoms. The molecule has 0 saturated heterocycles. The number of aliphatic hydroxyl groups excluding tert-OH is 2. The number of fused-ring (bicyclic) bond motifs is 1. The number of benzene rings is 1. The van der Waals surface area contributed by atoms with Gasteiger partial charge in [-0.1, -0.05) is 24.3 Å². The van der Waals surface area contributed by atoms with E-state index < -0.39 is 0 Å². The lowest BCUT2D eigenvalue weighted by molar-refractivity contribution is 0.134. The van der Waals surface area contributed by atoms with Crippen LogP contribution >= 0.6 is 0 Å². The first-order valence-electron chi connectivity index (χ1n) is 5.71. The van der Waals surface area contributed by atoms with Crippen LogP contribution in [0.25, 0.3) is 0 Å². The molecule has 88 valence electrons. The fourth-order valence-electron chi connectivity index (χ4n) is 1.87. The molecule has 1 aliphatic carbocycles. The highest BCUT2D eigenvalue weighted by Crippen LogP contribution is 2.36. The molecule has 2 N–H and O–H groups in total. The van der Waals surface area contributed by atoms with Crippen LogP contribution in [0.4, 0.5) is 0 Å². The maximum Gasteiger partial charge on any atom is 0.0724 e. The third-order valence-corrected chi connectivity index (χ3v) is 3.17. The molecule has 1 unspecified atom stereocenters. The minimum Gasteiger partial charge on any atom is -0.396 e. The summed E-state index contributed by atoms with van der Waals surface area (Å²) in [5.74, 6) is 0.843. The summed E-state index contributed by atoms with van der Waals surface area (Å²) in [6, 6.07) is 8.33. The van der Waals surface area contributed by atoms with Gasteiger partial charge in [-0.15, -0.1) is 0 Å². The summed E-state index contributed by atoms with van der Waals surface area (Å²) in [4.78, 5) is 0. The molecular weight excluding hydrogens is 204 g/mol. The molecule has 1 heterocycles. The molecule has 3 rings (SSSR count). The van der Waals surface area contributed by atoms with Gasteiger partial charge in [0.15, 0.2) is 0 Å². The van der Waals surface area contributed by atoms with Crippen molar-refractivity contribution in [1.29, 1.82) is 0 Å². The van der Waals surface area contributed by atoms with Crippen molar-refractivity contribution in [3.05, 3.63) is 35.4 Å². The Labute approximate surface area is 95.7 Å². The summed E-state index contributed by atoms with van der Waals surface area (Å²) >= 11 is 0. The van der Waals surface area contributed by atoms with E-state index in [1.54, 1.807) is 0 Å². The first-order chi connectivity index (χ1) is 7.85. The van der Waals surface area contributed by atoms with Crippen molar-refractivity contribution >= 4 is 0 Å². The predicted molar refractivity (Wildman–Crippen MR) is 60.7 cm³/mol. The molecule has 2 aliphatic rings. The lowest BCUT2D eigenvalue weighted by atomic mass is 10.1. The van der Waals surface area contributed by atoms with Crippen LogP contribution < -0.4 is 0 Å². The summed E-state index contributed by atoms with van der Waals surface area (Å²) < 4.78 is 5.21. The Bertz CT molecular complexity index is 307. The predicted octanol–water partition coefficient (Wildman–Crippen LogP) is 1.32. The molecule has 1 fully saturated rings. The maximum absolute atomic E-state index is 8.40. The maximum atomic E-state index is 8.40. The van der Waals surface area contributed by atoms with Crippen LogP contribution in [0.15, 0.2) is 24.3 Å². The Balaban J connectivity index is 0.000000125. The highest BCUT2D eigenvalue weighted by atomic mass is 16.5. The van der Waals surface area contributed by atoms with E-state index in [2.05, 4.69) is 12.1 Å². The standard InChI is InChI=1S/C8H8O.C5H10O2/c1-2-4-8-6-9-5-7(8)3-1;6-2-4-1-5(4)3-7/h1-4H,5-6H2;4-7H,1-3H2/t;4-,5?/m.1/s1. The molecule has 16 heavy (non-hydrogen) atoms. The van der Waals surface area contributed by atoms with Crippen LogP contribution in [0.5, 0.6) is 0 Å². The van der Waals surface area contributed by atoms with E-state index >= 15 is 0 Å². The Morgan fingerprint density at radius 1 is 1.00 bits per heavy atom. The van der Waals surface area contributed by atoms with Crippen LogP contribution in [0.3, 0.4) is 0 Å². The first-order valence-corrected chi connectivity index (χ1v) is 5.71. The number of rotatable bonds is 2. The van der Waals surface area contributed by atoms with Gasteiger partial charge < -0.3 is 14.9 Å². The van der Waals surface area contributed by atoms with Crippen molar-refractivity contribution in [2.75, 3.05) is 13.2 Å². The lowest BCUT2D eigenvalue weighted by Gasteiger charge is -1.90. The minimum absolute atomic E-state index is 0.255. The zero-order chi connectivity index (χ0) is 11.4. The highest BCUT2D eigenvalue weighted by Gasteiger charge is 2.35. The van der Waals surface area contributed by atoms with E-state index in [1.807, 2.05) is 12.1 Å². The van der Waals surface area contributed by atoms with Crippen LogP contribution in [-0.2, 0) is 18.0 Å². The van der Waals surface area contributed by atoms with Gasteiger partial charge in [0.05, 0.1) is 13.2 Å². The van der Waals surface area contributed by atoms with Crippen LogP contribution in [-0.4, -0.2) is 23.4 Å². The Morgan fingerprint density at radius 2 is 1.50 bits per heavy atom. The highest BCUT2D eigenvalue weighted by molar-refractivity contribution is 5.27. The third-order valence-electron chi connectivity index (χ3n) is 3.17. The quantitative estimate of drug-likeness (QED) is 0.793. The fraction of sp³-hybridized carbons (Fsp3) is 0.538. The lowest BCUT2D eigenvalue weighted by Crippen LogP contribution is -1.91. The van der Waals surface area contributed by atoms with Crippen LogP contribution in [0.1, 0.15) is 17.5 Å². The van der Waals surface area contributed by atoms with Crippen LogP contribution in [0.2, 0.25) is 0 Å². The summed E-state index contributed by atoms with van der Waals surface area (Å²) in [5, 5.41) is 16.8. The van der Waals surface area contributed by atoms with Gasteiger partial charge in [-0.25, -0.2) is 0 Å². The van der Waals surface area contributed by atoms with E-state index in [-0.39, 0.29) is 13.2 Å². The van der Waals surface area contributed by atoms with E-state index in [0.29, 0.717) is 11.8 Å². The SMILES string of the molecule is OCC1C[C@@H]1CO.c1ccc2c(c1)COC2. The van der Waals surface area contributed by atoms with Gasteiger partial charge in [0.1, 0.15) is 0 Å². The zero-order valence-corrected chi connectivity index (χ0v) is 9.30. The van der Waals surface area contributed by atoms with Crippen molar-refractivity contribution < 1.29 is 14.9 Å². The van der Waals surface area contributed by atoms with Gasteiger partial charge in [-0.3, -0.25) is 0 Å².